The molecule has 0 unspecified atom stereocenters. The lowest BCUT2D eigenvalue weighted by Gasteiger charge is -2.55. The van der Waals surface area contributed by atoms with Gasteiger partial charge in [0.15, 0.2) is 0 Å². The van der Waals surface area contributed by atoms with Crippen LogP contribution < -0.4 is 24.3 Å². The molecule has 6 aliphatic rings. The van der Waals surface area contributed by atoms with Gasteiger partial charge in [0.05, 0.1) is 42.7 Å². The molecule has 4 aliphatic heterocycles. The molecule has 9 atom stereocenters. The van der Waals surface area contributed by atoms with Crippen LogP contribution in [0.25, 0.3) is 21.9 Å². The zero-order chi connectivity index (χ0) is 47.2. The highest BCUT2D eigenvalue weighted by Crippen LogP contribution is 2.57. The van der Waals surface area contributed by atoms with Gasteiger partial charge in [0.25, 0.3) is 0 Å². The maximum Gasteiger partial charge on any atom is 0.149 e. The number of ether oxygens (including phenoxy) is 6. The molecule has 12 nitrogen and oxygen atoms in total. The molecule has 0 radical (unpaired) electrons. The molecule has 1 saturated heterocycles. The number of methoxy groups -OCH3 is 1. The fourth-order valence-corrected chi connectivity index (χ4v) is 12.7. The minimum atomic E-state index is -1.05. The fraction of sp³-hybridized carbons (Fsp3) is 0.474. The van der Waals surface area contributed by atoms with Crippen molar-refractivity contribution in [3.8, 4) is 63.2 Å². The summed E-state index contributed by atoms with van der Waals surface area (Å²) in [6, 6.07) is 23.5. The lowest BCUT2D eigenvalue weighted by Crippen LogP contribution is -2.66. The Kier molecular flexibility index (Phi) is 12.8. The van der Waals surface area contributed by atoms with Gasteiger partial charge in [-0.05, 0) is 148 Å². The number of aliphatic hydroxyl groups is 2. The number of fused-ring (bicyclic) bond motifs is 5. The number of aromatic hydroxyl groups is 3. The molecule has 69 heavy (non-hydrogen) atoms. The second-order valence-corrected chi connectivity index (χ2v) is 20.2. The first-order valence-corrected chi connectivity index (χ1v) is 25.0. The highest BCUT2D eigenvalue weighted by Gasteiger charge is 2.55. The van der Waals surface area contributed by atoms with E-state index in [9.17, 15) is 25.5 Å². The molecule has 3 fully saturated rings. The molecule has 0 amide bonds. The average Bonchev–Trinajstić information content (AvgIpc) is 3.85. The van der Waals surface area contributed by atoms with Crippen molar-refractivity contribution in [3.63, 3.8) is 0 Å². The second-order valence-electron chi connectivity index (χ2n) is 20.2. The maximum absolute atomic E-state index is 13.2. The quantitative estimate of drug-likeness (QED) is 0.0581. The molecular formula is C57H63NO11. The van der Waals surface area contributed by atoms with Crippen LogP contribution in [-0.2, 0) is 15.9 Å². The highest BCUT2D eigenvalue weighted by molar-refractivity contribution is 5.96. The van der Waals surface area contributed by atoms with E-state index in [4.69, 9.17) is 28.4 Å². The van der Waals surface area contributed by atoms with Crippen molar-refractivity contribution in [2.75, 3.05) is 33.5 Å². The van der Waals surface area contributed by atoms with Gasteiger partial charge in [-0.2, -0.15) is 0 Å². The number of benzene rings is 5. The summed E-state index contributed by atoms with van der Waals surface area (Å²) in [5.74, 6) is 8.59. The zero-order valence-electron chi connectivity index (χ0n) is 39.2. The minimum Gasteiger partial charge on any atom is -0.508 e. The van der Waals surface area contributed by atoms with E-state index in [1.165, 1.54) is 0 Å². The van der Waals surface area contributed by atoms with Crippen molar-refractivity contribution in [2.45, 2.75) is 119 Å². The minimum absolute atomic E-state index is 0.0447. The smallest absolute Gasteiger partial charge is 0.149 e. The van der Waals surface area contributed by atoms with Gasteiger partial charge in [0.2, 0.25) is 0 Å². The Balaban J connectivity index is 1.05. The molecule has 2 bridgehead atoms. The van der Waals surface area contributed by atoms with Gasteiger partial charge in [0.1, 0.15) is 53.0 Å². The molecule has 4 heterocycles. The molecule has 0 aromatic heterocycles. The molecule has 2 aliphatic carbocycles. The number of phenolic OH excluding ortho intramolecular Hbond substituents is 3. The standard InChI is InChI=1S/C57H63NO11/c1-64-21-8-14-49-52(56-47-31-50(45-28-39(61)16-18-44(45)55(47)68-49)65-22-5-4-19-57-36(10-7-20-58-57)27-40(62)29-51(57)69-56)48-32-66-54-35(26-42(30-46(54)53(48)63)67-41-12-2-3-13-41)23-34-25-38(60)15-17-43(34)33-9-6-11-37(59)24-33/h6,9,11,15-18,24-26,28,30-31,36,40-41,48-49,51-53,56,58-63H,2-3,7-8,10,12-14,19-23,27,29,32H2,1H3/t36-,40-,48+,49-,51+,52+,53+,56-,57+/m0/s1. The van der Waals surface area contributed by atoms with Gasteiger partial charge in [-0.1, -0.05) is 30.0 Å². The predicted molar refractivity (Wildman–Crippen MR) is 260 cm³/mol. The van der Waals surface area contributed by atoms with E-state index in [1.54, 1.807) is 49.6 Å². The van der Waals surface area contributed by atoms with E-state index in [2.05, 4.69) is 17.2 Å². The van der Waals surface area contributed by atoms with Crippen molar-refractivity contribution in [1.29, 1.82) is 0 Å². The predicted octanol–water partition coefficient (Wildman–Crippen LogP) is 9.19. The number of rotatable bonds is 10. The van der Waals surface area contributed by atoms with Gasteiger partial charge in [-0.25, -0.2) is 0 Å². The van der Waals surface area contributed by atoms with E-state index >= 15 is 0 Å². The zero-order valence-corrected chi connectivity index (χ0v) is 39.2. The second kappa shape index (κ2) is 19.3. The maximum atomic E-state index is 13.2. The first kappa shape index (κ1) is 45.7. The monoisotopic (exact) mass is 937 g/mol. The third-order valence-corrected chi connectivity index (χ3v) is 15.9. The van der Waals surface area contributed by atoms with Crippen LogP contribution >= 0.6 is 0 Å². The number of phenols is 3. The number of hydrogen-bond acceptors (Lipinski definition) is 12. The molecule has 5 aromatic rings. The van der Waals surface area contributed by atoms with E-state index in [-0.39, 0.29) is 42.5 Å². The summed E-state index contributed by atoms with van der Waals surface area (Å²) in [6.45, 7) is 1.60. The number of piperidine rings is 1. The summed E-state index contributed by atoms with van der Waals surface area (Å²) in [7, 11) is 1.69. The molecule has 2 saturated carbocycles. The first-order chi connectivity index (χ1) is 33.7. The van der Waals surface area contributed by atoms with E-state index in [0.29, 0.717) is 79.1 Å². The van der Waals surface area contributed by atoms with Crippen molar-refractivity contribution < 1.29 is 54.0 Å². The third-order valence-electron chi connectivity index (χ3n) is 15.9. The van der Waals surface area contributed by atoms with Crippen LogP contribution in [0.1, 0.15) is 105 Å². The van der Waals surface area contributed by atoms with E-state index < -0.39 is 47.9 Å². The largest absolute Gasteiger partial charge is 0.508 e. The van der Waals surface area contributed by atoms with Crippen LogP contribution in [0.3, 0.4) is 0 Å². The molecular weight excluding hydrogens is 875 g/mol. The SMILES string of the molecule is COCCC[C@@H]1Oc2c3cc(c4cc(O)ccc24)OCC#CC[C@@]24NCCC[C@H]2C[C@H](O)C[C@H]4O[C@@H]3[C@@H]1[C@H]1COc2c(Cc3cc(O)ccc3-c3cccc(O)c3)cc(OC3CCCC3)cc2[C@H]1O. The Labute approximate surface area is 403 Å². The lowest BCUT2D eigenvalue weighted by molar-refractivity contribution is -0.180. The van der Waals surface area contributed by atoms with Crippen molar-refractivity contribution in [2.24, 2.45) is 17.8 Å². The van der Waals surface area contributed by atoms with E-state index in [1.807, 2.05) is 36.4 Å². The van der Waals surface area contributed by atoms with Gasteiger partial charge in [-0.15, -0.1) is 0 Å². The molecule has 1 spiro atoms. The number of hydrogen-bond donors (Lipinski definition) is 6. The highest BCUT2D eigenvalue weighted by atomic mass is 16.5. The Morgan fingerprint density at radius 1 is 0.797 bits per heavy atom. The van der Waals surface area contributed by atoms with Crippen LogP contribution in [0.15, 0.2) is 78.9 Å². The fourth-order valence-electron chi connectivity index (χ4n) is 12.7. The molecule has 11 rings (SSSR count). The average molecular weight is 938 g/mol. The normalized spacial score (nSPS) is 28.5. The summed E-state index contributed by atoms with van der Waals surface area (Å²) in [5.41, 5.74) is 4.13. The van der Waals surface area contributed by atoms with Crippen molar-refractivity contribution in [3.05, 3.63) is 101 Å². The van der Waals surface area contributed by atoms with Crippen LogP contribution in [0.4, 0.5) is 0 Å². The van der Waals surface area contributed by atoms with Crippen molar-refractivity contribution in [1.82, 2.24) is 5.32 Å². The Morgan fingerprint density at radius 2 is 1.64 bits per heavy atom. The Hall–Kier alpha value is -5.68. The first-order valence-electron chi connectivity index (χ1n) is 25.0. The van der Waals surface area contributed by atoms with Crippen LogP contribution in [-0.4, -0.2) is 89.0 Å². The molecule has 12 heteroatoms. The third kappa shape index (κ3) is 8.82. The molecule has 362 valence electrons. The number of nitrogens with one attached hydrogen (secondary N) is 1. The summed E-state index contributed by atoms with van der Waals surface area (Å²) in [6.07, 6.45) is 6.09. The van der Waals surface area contributed by atoms with Crippen molar-refractivity contribution >= 4 is 10.8 Å². The number of aliphatic hydroxyl groups excluding tert-OH is 2. The molecule has 5 aromatic carbocycles. The molecule has 6 N–H and O–H groups in total. The summed E-state index contributed by atoms with van der Waals surface area (Å²) >= 11 is 0. The van der Waals surface area contributed by atoms with E-state index in [0.717, 1.165) is 78.3 Å². The Morgan fingerprint density at radius 3 is 2.49 bits per heavy atom. The summed E-state index contributed by atoms with van der Waals surface area (Å²) in [5, 5.41) is 62.3. The van der Waals surface area contributed by atoms with Gasteiger partial charge >= 0.3 is 0 Å². The van der Waals surface area contributed by atoms with Crippen LogP contribution in [0.5, 0.6) is 40.2 Å². The van der Waals surface area contributed by atoms with Crippen LogP contribution in [0.2, 0.25) is 0 Å². The van der Waals surface area contributed by atoms with Gasteiger partial charge < -0.3 is 59.3 Å². The summed E-state index contributed by atoms with van der Waals surface area (Å²) < 4.78 is 40.9. The lowest BCUT2D eigenvalue weighted by atomic mass is 9.64. The topological polar surface area (TPSA) is 169 Å². The van der Waals surface area contributed by atoms with Gasteiger partial charge in [-0.3, -0.25) is 0 Å². The summed E-state index contributed by atoms with van der Waals surface area (Å²) in [4.78, 5) is 0. The van der Waals surface area contributed by atoms with Gasteiger partial charge in [0, 0.05) is 72.3 Å². The van der Waals surface area contributed by atoms with Crippen LogP contribution in [0, 0.1) is 29.6 Å². The Bertz CT molecular complexity index is 2760.